The lowest BCUT2D eigenvalue weighted by molar-refractivity contribution is 0.382. The van der Waals surface area contributed by atoms with Crippen LogP contribution in [0.2, 0.25) is 0 Å². The highest BCUT2D eigenvalue weighted by atomic mass is 32.2. The molecule has 3 aromatic rings. The second-order valence-electron chi connectivity index (χ2n) is 7.35. The van der Waals surface area contributed by atoms with E-state index in [-0.39, 0.29) is 0 Å². The number of aryl methyl sites for hydroxylation is 1. The molecule has 1 aliphatic heterocycles. The normalized spacial score (nSPS) is 17.6. The largest absolute Gasteiger partial charge is 0.354 e. The Morgan fingerprint density at radius 3 is 2.52 bits per heavy atom. The fourth-order valence-electron chi connectivity index (χ4n) is 4.19. The Hall–Kier alpha value is -2.78. The molecule has 29 heavy (non-hydrogen) atoms. The second-order valence-corrected chi connectivity index (χ2v) is 9.29. The van der Waals surface area contributed by atoms with Crippen molar-refractivity contribution in [1.82, 2.24) is 23.9 Å². The minimum Gasteiger partial charge on any atom is -0.354 e. The molecule has 8 nitrogen and oxygen atoms in total. The zero-order chi connectivity index (χ0) is 20.0. The monoisotopic (exact) mass is 410 g/mol. The Bertz CT molecular complexity index is 1180. The van der Waals surface area contributed by atoms with Gasteiger partial charge in [-0.1, -0.05) is 24.8 Å². The van der Waals surface area contributed by atoms with Crippen LogP contribution in [0.15, 0.2) is 42.1 Å². The van der Waals surface area contributed by atoms with Gasteiger partial charge in [0, 0.05) is 31.7 Å². The maximum atomic E-state index is 13.0. The summed E-state index contributed by atoms with van der Waals surface area (Å²) in [5, 5.41) is 4.36. The molecule has 0 amide bonds. The molecule has 5 rings (SSSR count). The summed E-state index contributed by atoms with van der Waals surface area (Å²) >= 11 is 0. The van der Waals surface area contributed by atoms with Crippen molar-refractivity contribution >= 4 is 27.7 Å². The quantitative estimate of drug-likeness (QED) is 0.652. The molecule has 2 aliphatic rings. The van der Waals surface area contributed by atoms with Gasteiger partial charge in [0.2, 0.25) is 10.0 Å². The van der Waals surface area contributed by atoms with Gasteiger partial charge >= 0.3 is 0 Å². The molecule has 0 saturated carbocycles. The molecule has 9 heteroatoms. The van der Waals surface area contributed by atoms with E-state index in [4.69, 9.17) is 0 Å². The van der Waals surface area contributed by atoms with E-state index in [9.17, 15) is 8.42 Å². The van der Waals surface area contributed by atoms with Crippen LogP contribution in [0.4, 0.5) is 5.82 Å². The van der Waals surface area contributed by atoms with Crippen LogP contribution in [-0.2, 0) is 22.9 Å². The van der Waals surface area contributed by atoms with E-state index in [0.29, 0.717) is 36.9 Å². The Labute approximate surface area is 169 Å². The van der Waals surface area contributed by atoms with Gasteiger partial charge in [0.05, 0.1) is 10.6 Å². The number of sulfonamides is 1. The van der Waals surface area contributed by atoms with Gasteiger partial charge in [0.25, 0.3) is 5.78 Å². The molecule has 150 valence electrons. The molecule has 3 heterocycles. The molecule has 0 N–H and O–H groups in total. The number of rotatable bonds is 4. The lowest BCUT2D eigenvalue weighted by Gasteiger charge is -2.36. The zero-order valence-corrected chi connectivity index (χ0v) is 16.8. The third-order valence-electron chi connectivity index (χ3n) is 5.72. The standard InChI is InChI=1S/C20H22N6O2S/c1-2-15-6-8-16(9-7-15)29(27,28)25-12-10-24(11-13-25)19-17-4-3-5-18(17)23-20-21-14-22-26(19)20/h2,6-9,14H,1,3-5,10-13H2. The molecular formula is C20H22N6O2S. The van der Waals surface area contributed by atoms with Gasteiger partial charge in [-0.15, -0.1) is 0 Å². The summed E-state index contributed by atoms with van der Waals surface area (Å²) in [7, 11) is -3.51. The van der Waals surface area contributed by atoms with Crippen molar-refractivity contribution in [2.75, 3.05) is 31.1 Å². The molecule has 0 radical (unpaired) electrons. The van der Waals surface area contributed by atoms with E-state index < -0.39 is 10.0 Å². The third-order valence-corrected chi connectivity index (χ3v) is 7.63. The summed E-state index contributed by atoms with van der Waals surface area (Å²) in [4.78, 5) is 11.4. The van der Waals surface area contributed by atoms with Gasteiger partial charge < -0.3 is 4.90 Å². The minimum absolute atomic E-state index is 0.319. The maximum Gasteiger partial charge on any atom is 0.254 e. The molecule has 1 fully saturated rings. The Kier molecular flexibility index (Phi) is 4.36. The molecular weight excluding hydrogens is 388 g/mol. The van der Waals surface area contributed by atoms with Crippen LogP contribution in [0.25, 0.3) is 11.9 Å². The van der Waals surface area contributed by atoms with Gasteiger partial charge in [0.15, 0.2) is 0 Å². The van der Waals surface area contributed by atoms with E-state index in [1.165, 1.54) is 11.9 Å². The van der Waals surface area contributed by atoms with Crippen molar-refractivity contribution in [3.63, 3.8) is 0 Å². The summed E-state index contributed by atoms with van der Waals surface area (Å²) < 4.78 is 29.4. The lowest BCUT2D eigenvalue weighted by atomic mass is 10.2. The number of benzene rings is 1. The van der Waals surface area contributed by atoms with E-state index in [0.717, 1.165) is 36.3 Å². The second kappa shape index (κ2) is 6.93. The molecule has 0 bridgehead atoms. The van der Waals surface area contributed by atoms with E-state index in [1.54, 1.807) is 39.2 Å². The smallest absolute Gasteiger partial charge is 0.254 e. The Balaban J connectivity index is 1.40. The predicted molar refractivity (Wildman–Crippen MR) is 110 cm³/mol. The zero-order valence-electron chi connectivity index (χ0n) is 16.0. The van der Waals surface area contributed by atoms with Crippen LogP contribution < -0.4 is 4.90 Å². The molecule has 0 atom stereocenters. The summed E-state index contributed by atoms with van der Waals surface area (Å²) in [6, 6.07) is 6.84. The van der Waals surface area contributed by atoms with Crippen LogP contribution >= 0.6 is 0 Å². The van der Waals surface area contributed by atoms with Crippen molar-refractivity contribution in [1.29, 1.82) is 0 Å². The van der Waals surface area contributed by atoms with Crippen LogP contribution in [-0.4, -0.2) is 58.5 Å². The van der Waals surface area contributed by atoms with E-state index in [2.05, 4.69) is 26.5 Å². The van der Waals surface area contributed by atoms with Crippen LogP contribution in [0.3, 0.4) is 0 Å². The number of aromatic nitrogens is 4. The van der Waals surface area contributed by atoms with Crippen LogP contribution in [0.1, 0.15) is 23.2 Å². The average molecular weight is 411 g/mol. The number of hydrogen-bond donors (Lipinski definition) is 0. The molecule has 1 saturated heterocycles. The minimum atomic E-state index is -3.51. The number of piperazine rings is 1. The highest BCUT2D eigenvalue weighted by Gasteiger charge is 2.31. The van der Waals surface area contributed by atoms with Gasteiger partial charge in [-0.3, -0.25) is 0 Å². The van der Waals surface area contributed by atoms with Crippen molar-refractivity contribution in [2.45, 2.75) is 24.2 Å². The fourth-order valence-corrected chi connectivity index (χ4v) is 5.61. The van der Waals surface area contributed by atoms with Gasteiger partial charge in [-0.05, 0) is 37.0 Å². The summed E-state index contributed by atoms with van der Waals surface area (Å²) in [5.41, 5.74) is 3.22. The van der Waals surface area contributed by atoms with Crippen LogP contribution in [0.5, 0.6) is 0 Å². The highest BCUT2D eigenvalue weighted by Crippen LogP contribution is 2.31. The Morgan fingerprint density at radius 1 is 1.03 bits per heavy atom. The number of anilines is 1. The van der Waals surface area contributed by atoms with Crippen molar-refractivity contribution in [2.24, 2.45) is 0 Å². The van der Waals surface area contributed by atoms with Gasteiger partial charge in [0.1, 0.15) is 12.1 Å². The SMILES string of the molecule is C=Cc1ccc(S(=O)(=O)N2CCN(c3c4c(nc5ncnn35)CCC4)CC2)cc1. The lowest BCUT2D eigenvalue weighted by Crippen LogP contribution is -2.49. The first-order valence-electron chi connectivity index (χ1n) is 9.77. The van der Waals surface area contributed by atoms with E-state index >= 15 is 0 Å². The van der Waals surface area contributed by atoms with Crippen molar-refractivity contribution < 1.29 is 8.42 Å². The van der Waals surface area contributed by atoms with Gasteiger partial charge in [-0.25, -0.2) is 13.4 Å². The topological polar surface area (TPSA) is 83.7 Å². The summed E-state index contributed by atoms with van der Waals surface area (Å²) in [5.74, 6) is 1.63. The van der Waals surface area contributed by atoms with Gasteiger partial charge in [-0.2, -0.15) is 18.9 Å². The van der Waals surface area contributed by atoms with E-state index in [1.807, 2.05) is 0 Å². The summed E-state index contributed by atoms with van der Waals surface area (Å²) in [6.07, 6.45) is 6.24. The van der Waals surface area contributed by atoms with Crippen LogP contribution in [0, 0.1) is 0 Å². The summed E-state index contributed by atoms with van der Waals surface area (Å²) in [6.45, 7) is 5.78. The molecule has 1 aromatic carbocycles. The predicted octanol–water partition coefficient (Wildman–Crippen LogP) is 1.77. The number of fused-ring (bicyclic) bond motifs is 2. The number of nitrogens with zero attached hydrogens (tertiary/aromatic N) is 6. The molecule has 0 spiro atoms. The molecule has 0 unspecified atom stereocenters. The maximum absolute atomic E-state index is 13.0. The average Bonchev–Trinajstić information content (AvgIpc) is 3.41. The first-order chi connectivity index (χ1) is 14.1. The number of hydrogen-bond acceptors (Lipinski definition) is 6. The highest BCUT2D eigenvalue weighted by molar-refractivity contribution is 7.89. The first kappa shape index (κ1) is 18.3. The fraction of sp³-hybridized carbons (Fsp3) is 0.350. The first-order valence-corrected chi connectivity index (χ1v) is 11.2. The third kappa shape index (κ3) is 3.01. The Morgan fingerprint density at radius 2 is 1.79 bits per heavy atom. The van der Waals surface area contributed by atoms with Crippen molar-refractivity contribution in [3.8, 4) is 0 Å². The molecule has 2 aromatic heterocycles. The molecule has 1 aliphatic carbocycles. The van der Waals surface area contributed by atoms with Crippen molar-refractivity contribution in [3.05, 3.63) is 54.0 Å².